The van der Waals surface area contributed by atoms with Crippen molar-refractivity contribution in [2.24, 2.45) is 0 Å². The van der Waals surface area contributed by atoms with Crippen molar-refractivity contribution in [3.63, 3.8) is 0 Å². The molecule has 0 aliphatic heterocycles. The van der Waals surface area contributed by atoms with Gasteiger partial charge in [-0.3, -0.25) is 0 Å². The van der Waals surface area contributed by atoms with Gasteiger partial charge >= 0.3 is 0 Å². The van der Waals surface area contributed by atoms with Gasteiger partial charge in [-0.1, -0.05) is 116 Å². The van der Waals surface area contributed by atoms with Crippen molar-refractivity contribution in [1.29, 1.82) is 0 Å². The van der Waals surface area contributed by atoms with Crippen LogP contribution in [-0.4, -0.2) is 4.57 Å². The second kappa shape index (κ2) is 8.90. The van der Waals surface area contributed by atoms with Crippen LogP contribution in [0.1, 0.15) is 11.3 Å². The van der Waals surface area contributed by atoms with E-state index in [9.17, 15) is 0 Å². The molecule has 0 unspecified atom stereocenters. The number of hydrogen-bond donors (Lipinski definition) is 0. The minimum Gasteiger partial charge on any atom is -0.310 e. The van der Waals surface area contributed by atoms with Crippen molar-refractivity contribution >= 4 is 38.5 Å². The molecule has 0 radical (unpaired) electrons. The fourth-order valence-corrected chi connectivity index (χ4v) is 6.08. The third-order valence-corrected chi connectivity index (χ3v) is 7.78. The quantitative estimate of drug-likeness (QED) is 0.219. The second-order valence-electron chi connectivity index (χ2n) is 9.82. The lowest BCUT2D eigenvalue weighted by atomic mass is 9.86. The summed E-state index contributed by atoms with van der Waals surface area (Å²) in [5, 5.41) is 6.36. The van der Waals surface area contributed by atoms with Crippen LogP contribution in [0.25, 0.3) is 66.5 Å². The fourth-order valence-electron chi connectivity index (χ4n) is 6.08. The highest BCUT2D eigenvalue weighted by Gasteiger charge is 2.17. The van der Waals surface area contributed by atoms with Crippen LogP contribution in [0.3, 0.4) is 0 Å². The molecule has 1 nitrogen and oxygen atoms in total. The van der Waals surface area contributed by atoms with Gasteiger partial charge in [0.2, 0.25) is 0 Å². The first-order valence-corrected chi connectivity index (χ1v) is 13.1. The Kier molecular flexibility index (Phi) is 5.23. The van der Waals surface area contributed by atoms with Gasteiger partial charge in [0.25, 0.3) is 0 Å². The smallest absolute Gasteiger partial charge is 0.0537 e. The fraction of sp³-hybridized carbons (Fsp3) is 0.0270. The summed E-state index contributed by atoms with van der Waals surface area (Å²) >= 11 is 0. The van der Waals surface area contributed by atoms with Crippen molar-refractivity contribution < 1.29 is 0 Å². The molecule has 1 heterocycles. The minimum atomic E-state index is 1.14. The van der Waals surface area contributed by atoms with Crippen LogP contribution in [0.15, 0.2) is 134 Å². The Labute approximate surface area is 222 Å². The summed E-state index contributed by atoms with van der Waals surface area (Å²) in [6, 6.07) is 46.0. The molecule has 7 rings (SSSR count). The first-order valence-electron chi connectivity index (χ1n) is 13.1. The molecule has 38 heavy (non-hydrogen) atoms. The summed E-state index contributed by atoms with van der Waals surface area (Å²) < 4.78 is 2.32. The van der Waals surface area contributed by atoms with E-state index in [1.165, 1.54) is 60.3 Å². The summed E-state index contributed by atoms with van der Waals surface area (Å²) in [5.74, 6) is 0. The van der Waals surface area contributed by atoms with Gasteiger partial charge < -0.3 is 4.57 Å². The van der Waals surface area contributed by atoms with Crippen LogP contribution in [0.5, 0.6) is 0 Å². The SMILES string of the molecule is C=Cc1c(C)c2ccccc2n1-c1ccc(-c2c3ccccc3c(-c3ccccc3)c3ccccc23)cc1. The number of aryl methyl sites for hydroxylation is 1. The zero-order valence-electron chi connectivity index (χ0n) is 21.4. The summed E-state index contributed by atoms with van der Waals surface area (Å²) in [5.41, 5.74) is 9.78. The first-order chi connectivity index (χ1) is 18.8. The number of fused-ring (bicyclic) bond motifs is 3. The van der Waals surface area contributed by atoms with E-state index in [4.69, 9.17) is 0 Å². The molecule has 1 aromatic heterocycles. The largest absolute Gasteiger partial charge is 0.310 e. The maximum Gasteiger partial charge on any atom is 0.0537 e. The van der Waals surface area contributed by atoms with Crippen molar-refractivity contribution in [1.82, 2.24) is 4.57 Å². The normalized spacial score (nSPS) is 11.4. The standard InChI is InChI=1S/C37H27N/c1-3-34-25(2)29-15-11-12-20-35(29)38(34)28-23-21-27(22-24-28)37-32-18-9-7-16-30(32)36(26-13-5-4-6-14-26)31-17-8-10-19-33(31)37/h3-24H,1H2,2H3. The van der Waals surface area contributed by atoms with Gasteiger partial charge in [-0.05, 0) is 80.6 Å². The monoisotopic (exact) mass is 485 g/mol. The summed E-state index contributed by atoms with van der Waals surface area (Å²) in [7, 11) is 0. The van der Waals surface area contributed by atoms with Crippen molar-refractivity contribution in [2.75, 3.05) is 0 Å². The van der Waals surface area contributed by atoms with Crippen molar-refractivity contribution in [3.05, 3.63) is 145 Å². The zero-order chi connectivity index (χ0) is 25.6. The molecule has 0 amide bonds. The Hall–Kier alpha value is -4.88. The average molecular weight is 486 g/mol. The molecule has 0 saturated heterocycles. The molecule has 0 saturated carbocycles. The number of rotatable bonds is 4. The van der Waals surface area contributed by atoms with Crippen molar-refractivity contribution in [2.45, 2.75) is 6.92 Å². The van der Waals surface area contributed by atoms with Crippen LogP contribution in [-0.2, 0) is 0 Å². The summed E-state index contributed by atoms with van der Waals surface area (Å²) in [6.07, 6.45) is 1.96. The number of benzene rings is 6. The van der Waals surface area contributed by atoms with E-state index in [2.05, 4.69) is 145 Å². The highest BCUT2D eigenvalue weighted by molar-refractivity contribution is 6.21. The Morgan fingerprint density at radius 1 is 0.500 bits per heavy atom. The molecule has 0 bridgehead atoms. The third kappa shape index (κ3) is 3.33. The van der Waals surface area contributed by atoms with Gasteiger partial charge in [0.15, 0.2) is 0 Å². The van der Waals surface area contributed by atoms with Gasteiger partial charge in [0, 0.05) is 16.8 Å². The lowest BCUT2D eigenvalue weighted by Gasteiger charge is -2.18. The predicted octanol–water partition coefficient (Wildman–Crippen LogP) is 10.2. The molecule has 7 aromatic rings. The van der Waals surface area contributed by atoms with Gasteiger partial charge in [0.1, 0.15) is 0 Å². The maximum absolute atomic E-state index is 4.12. The summed E-state index contributed by atoms with van der Waals surface area (Å²) in [6.45, 7) is 6.30. The van der Waals surface area contributed by atoms with Gasteiger partial charge in [-0.2, -0.15) is 0 Å². The molecule has 0 spiro atoms. The molecule has 180 valence electrons. The van der Waals surface area contributed by atoms with Gasteiger partial charge in [-0.15, -0.1) is 0 Å². The van der Waals surface area contributed by atoms with Crippen LogP contribution < -0.4 is 0 Å². The Bertz CT molecular complexity index is 1920. The van der Waals surface area contributed by atoms with E-state index in [1.807, 2.05) is 6.08 Å². The zero-order valence-corrected chi connectivity index (χ0v) is 21.4. The molecule has 0 atom stereocenters. The van der Waals surface area contributed by atoms with E-state index < -0.39 is 0 Å². The lowest BCUT2D eigenvalue weighted by Crippen LogP contribution is -1.97. The Morgan fingerprint density at radius 3 is 1.47 bits per heavy atom. The predicted molar refractivity (Wildman–Crippen MR) is 164 cm³/mol. The highest BCUT2D eigenvalue weighted by Crippen LogP contribution is 2.43. The first kappa shape index (κ1) is 22.3. The van der Waals surface area contributed by atoms with Crippen LogP contribution >= 0.6 is 0 Å². The van der Waals surface area contributed by atoms with Gasteiger partial charge in [0.05, 0.1) is 5.52 Å². The minimum absolute atomic E-state index is 1.14. The van der Waals surface area contributed by atoms with E-state index in [1.54, 1.807) is 0 Å². The molecule has 0 N–H and O–H groups in total. The Morgan fingerprint density at radius 2 is 0.947 bits per heavy atom. The lowest BCUT2D eigenvalue weighted by molar-refractivity contribution is 1.10. The molecule has 0 fully saturated rings. The molecule has 0 aliphatic carbocycles. The van der Waals surface area contributed by atoms with Crippen LogP contribution in [0, 0.1) is 6.92 Å². The number of aromatic nitrogens is 1. The molecule has 1 heteroatoms. The third-order valence-electron chi connectivity index (χ3n) is 7.78. The van der Waals surface area contributed by atoms with E-state index in [0.717, 1.165) is 11.4 Å². The molecule has 6 aromatic carbocycles. The van der Waals surface area contributed by atoms with E-state index in [0.29, 0.717) is 0 Å². The maximum atomic E-state index is 4.12. The van der Waals surface area contributed by atoms with Crippen LogP contribution in [0.4, 0.5) is 0 Å². The average Bonchev–Trinajstić information content (AvgIpc) is 3.27. The second-order valence-corrected chi connectivity index (χ2v) is 9.82. The van der Waals surface area contributed by atoms with Crippen LogP contribution in [0.2, 0.25) is 0 Å². The number of para-hydroxylation sites is 1. The Balaban J connectivity index is 1.48. The van der Waals surface area contributed by atoms with E-state index >= 15 is 0 Å². The molecular formula is C37H27N. The highest BCUT2D eigenvalue weighted by atomic mass is 15.0. The van der Waals surface area contributed by atoms with E-state index in [-0.39, 0.29) is 0 Å². The van der Waals surface area contributed by atoms with Crippen molar-refractivity contribution in [3.8, 4) is 27.9 Å². The number of hydrogen-bond acceptors (Lipinski definition) is 0. The molecule has 0 aliphatic rings. The molecular weight excluding hydrogens is 458 g/mol. The topological polar surface area (TPSA) is 4.93 Å². The number of nitrogens with zero attached hydrogens (tertiary/aromatic N) is 1. The van der Waals surface area contributed by atoms with Gasteiger partial charge in [-0.25, -0.2) is 0 Å². The summed E-state index contributed by atoms with van der Waals surface area (Å²) in [4.78, 5) is 0.